The smallest absolute Gasteiger partial charge is 0.335 e. The summed E-state index contributed by atoms with van der Waals surface area (Å²) >= 11 is 0. The number of carboxylic acids is 1. The average molecular weight is 514 g/mol. The monoisotopic (exact) mass is 513 g/mol. The molecule has 2 N–H and O–H groups in total. The molecule has 1 aliphatic rings. The molecule has 5 rings (SSSR count). The van der Waals surface area contributed by atoms with Crippen LogP contribution in [0.15, 0.2) is 30.5 Å². The van der Waals surface area contributed by atoms with Crippen molar-refractivity contribution in [2.45, 2.75) is 43.6 Å². The quantitative estimate of drug-likeness (QED) is 0.342. The third-order valence-corrected chi connectivity index (χ3v) is 7.53. The van der Waals surface area contributed by atoms with Gasteiger partial charge in [-0.2, -0.15) is 5.10 Å². The lowest BCUT2D eigenvalue weighted by atomic mass is 9.65. The molecule has 10 heteroatoms. The molecule has 0 radical (unpaired) electrons. The summed E-state index contributed by atoms with van der Waals surface area (Å²) in [5.41, 5.74) is 0.841. The van der Waals surface area contributed by atoms with Crippen molar-refractivity contribution in [3.63, 3.8) is 0 Å². The van der Waals surface area contributed by atoms with Gasteiger partial charge >= 0.3 is 5.97 Å². The number of carboxylic acid groups (broad SMARTS) is 1. The summed E-state index contributed by atoms with van der Waals surface area (Å²) in [4.78, 5) is 12.0. The summed E-state index contributed by atoms with van der Waals surface area (Å²) in [6.45, 7) is 4.27. The Morgan fingerprint density at radius 1 is 1.24 bits per heavy atom. The number of ether oxygens (including phenoxy) is 3. The fourth-order valence-corrected chi connectivity index (χ4v) is 5.75. The first kappa shape index (κ1) is 25.2. The zero-order chi connectivity index (χ0) is 26.7. The number of aromatic amines is 1. The molecule has 0 bridgehead atoms. The minimum absolute atomic E-state index is 0.0502. The van der Waals surface area contributed by atoms with Crippen LogP contribution in [-0.2, 0) is 19.7 Å². The number of carbonyl (C=O) groups is 1. The maximum absolute atomic E-state index is 16.3. The zero-order valence-electron chi connectivity index (χ0n) is 21.3. The largest absolute Gasteiger partial charge is 0.494 e. The molecular weight excluding hydrogens is 484 g/mol. The third kappa shape index (κ3) is 3.69. The van der Waals surface area contributed by atoms with Gasteiger partial charge in [0.2, 0.25) is 0 Å². The van der Waals surface area contributed by atoms with E-state index in [1.165, 1.54) is 20.3 Å². The summed E-state index contributed by atoms with van der Waals surface area (Å²) < 4.78 is 48.7. The minimum atomic E-state index is -1.34. The van der Waals surface area contributed by atoms with Crippen molar-refractivity contribution >= 4 is 27.8 Å². The van der Waals surface area contributed by atoms with Crippen LogP contribution >= 0.6 is 0 Å². The normalized spacial score (nSPS) is 19.9. The van der Waals surface area contributed by atoms with Gasteiger partial charge in [0.05, 0.1) is 25.4 Å². The fraction of sp³-hybridized carbons (Fsp3) is 0.407. The first-order valence-electron chi connectivity index (χ1n) is 11.9. The molecule has 0 unspecified atom stereocenters. The van der Waals surface area contributed by atoms with Crippen LogP contribution in [0.2, 0.25) is 0 Å². The van der Waals surface area contributed by atoms with Crippen LogP contribution in [0.1, 0.15) is 43.9 Å². The molecule has 2 heterocycles. The van der Waals surface area contributed by atoms with Crippen LogP contribution in [0, 0.1) is 11.6 Å². The Kier molecular flexibility index (Phi) is 5.99. The van der Waals surface area contributed by atoms with E-state index < -0.39 is 28.6 Å². The molecule has 1 aliphatic carbocycles. The molecule has 2 aromatic heterocycles. The number of hydrogen-bond acceptors (Lipinski definition) is 5. The second-order valence-electron chi connectivity index (χ2n) is 10.3. The number of nitrogens with zero attached hydrogens (tertiary/aromatic N) is 2. The molecule has 196 valence electrons. The van der Waals surface area contributed by atoms with Crippen molar-refractivity contribution in [3.05, 3.63) is 53.4 Å². The van der Waals surface area contributed by atoms with Gasteiger partial charge in [-0.05, 0) is 42.5 Å². The van der Waals surface area contributed by atoms with Gasteiger partial charge in [-0.15, -0.1) is 0 Å². The van der Waals surface area contributed by atoms with Gasteiger partial charge in [0, 0.05) is 47.9 Å². The van der Waals surface area contributed by atoms with Crippen LogP contribution in [0.3, 0.4) is 0 Å². The number of hydrogen-bond donors (Lipinski definition) is 2. The molecule has 0 atom stereocenters. The Balaban J connectivity index is 1.89. The van der Waals surface area contributed by atoms with Crippen molar-refractivity contribution in [1.29, 1.82) is 0 Å². The molecule has 1 fully saturated rings. The molecule has 4 aromatic rings. The number of benzene rings is 2. The van der Waals surface area contributed by atoms with E-state index in [-0.39, 0.29) is 30.0 Å². The lowest BCUT2D eigenvalue weighted by Crippen LogP contribution is -2.51. The van der Waals surface area contributed by atoms with Gasteiger partial charge in [-0.1, -0.05) is 13.8 Å². The van der Waals surface area contributed by atoms with Crippen LogP contribution in [-0.4, -0.2) is 59.4 Å². The predicted octanol–water partition coefficient (Wildman–Crippen LogP) is 5.06. The molecular formula is C27H29F2N3O5. The van der Waals surface area contributed by atoms with E-state index in [0.717, 1.165) is 5.69 Å². The maximum Gasteiger partial charge on any atom is 0.335 e. The van der Waals surface area contributed by atoms with Gasteiger partial charge in [-0.3, -0.25) is 5.10 Å². The first-order valence-corrected chi connectivity index (χ1v) is 11.9. The van der Waals surface area contributed by atoms with E-state index in [4.69, 9.17) is 14.2 Å². The van der Waals surface area contributed by atoms with E-state index in [0.29, 0.717) is 34.1 Å². The second kappa shape index (κ2) is 8.81. The number of halogens is 2. The SMILES string of the molecule is COCC(C)(C)c1c([C@H]2C[C@](OC)(C(=O)O)C2)c2c(F)c3[nH]ncc3cc2n1-c1ccc(F)c(OC)c1. The predicted molar refractivity (Wildman–Crippen MR) is 134 cm³/mol. The highest BCUT2D eigenvalue weighted by molar-refractivity contribution is 6.00. The molecule has 0 amide bonds. The maximum atomic E-state index is 16.3. The fourth-order valence-electron chi connectivity index (χ4n) is 5.75. The third-order valence-electron chi connectivity index (χ3n) is 7.53. The Hall–Kier alpha value is -3.50. The lowest BCUT2D eigenvalue weighted by molar-refractivity contribution is -0.175. The van der Waals surface area contributed by atoms with Crippen molar-refractivity contribution in [1.82, 2.24) is 14.8 Å². The number of aliphatic carboxylic acids is 1. The molecule has 0 aliphatic heterocycles. The number of H-pyrrole nitrogens is 1. The number of rotatable bonds is 8. The number of fused-ring (bicyclic) bond motifs is 2. The summed E-state index contributed by atoms with van der Waals surface area (Å²) in [6, 6.07) is 6.33. The van der Waals surface area contributed by atoms with Crippen molar-refractivity contribution in [2.24, 2.45) is 0 Å². The Morgan fingerprint density at radius 3 is 2.59 bits per heavy atom. The molecule has 0 saturated heterocycles. The Bertz CT molecular complexity index is 1520. The highest BCUT2D eigenvalue weighted by atomic mass is 19.1. The number of methoxy groups -OCH3 is 3. The lowest BCUT2D eigenvalue weighted by Gasteiger charge is -2.44. The average Bonchev–Trinajstić information content (AvgIpc) is 3.43. The van der Waals surface area contributed by atoms with Gasteiger partial charge in [0.1, 0.15) is 5.52 Å². The van der Waals surface area contributed by atoms with Crippen LogP contribution in [0.25, 0.3) is 27.5 Å². The summed E-state index contributed by atoms with van der Waals surface area (Å²) in [5, 5.41) is 17.5. The summed E-state index contributed by atoms with van der Waals surface area (Å²) in [5.74, 6) is -2.30. The Morgan fingerprint density at radius 2 is 1.97 bits per heavy atom. The summed E-state index contributed by atoms with van der Waals surface area (Å²) in [7, 11) is 4.36. The van der Waals surface area contributed by atoms with Crippen LogP contribution in [0.4, 0.5) is 8.78 Å². The highest BCUT2D eigenvalue weighted by Gasteiger charge is 2.54. The van der Waals surface area contributed by atoms with Crippen LogP contribution in [0.5, 0.6) is 5.75 Å². The number of nitrogens with one attached hydrogen (secondary N) is 1. The molecule has 2 aromatic carbocycles. The van der Waals surface area contributed by atoms with Crippen molar-refractivity contribution in [2.75, 3.05) is 27.9 Å². The molecule has 37 heavy (non-hydrogen) atoms. The minimum Gasteiger partial charge on any atom is -0.494 e. The van der Waals surface area contributed by atoms with Gasteiger partial charge < -0.3 is 23.9 Å². The standard InChI is InChI=1S/C27H29F2N3O5/c1-26(2,13-35-3)24-20(15-10-27(11-15,37-5)25(33)34)21-18(8-14-12-30-31-23(14)22(21)29)32(24)16-6-7-17(28)19(9-16)36-4/h6-9,12,15H,10-11,13H2,1-5H3,(H,30,31)(H,33,34)/t15-,27+. The second-order valence-corrected chi connectivity index (χ2v) is 10.3. The van der Waals surface area contributed by atoms with Gasteiger partial charge in [0.25, 0.3) is 0 Å². The molecule has 0 spiro atoms. The molecule has 1 saturated carbocycles. The van der Waals surface area contributed by atoms with E-state index >= 15 is 4.39 Å². The Labute approximate surface area is 212 Å². The van der Waals surface area contributed by atoms with Crippen molar-refractivity contribution < 1.29 is 32.9 Å². The molecule has 8 nitrogen and oxygen atoms in total. The van der Waals surface area contributed by atoms with Gasteiger partial charge in [0.15, 0.2) is 23.0 Å². The van der Waals surface area contributed by atoms with E-state index in [9.17, 15) is 14.3 Å². The first-order chi connectivity index (χ1) is 17.6. The van der Waals surface area contributed by atoms with E-state index in [1.807, 2.05) is 24.5 Å². The van der Waals surface area contributed by atoms with E-state index in [2.05, 4.69) is 10.2 Å². The highest BCUT2D eigenvalue weighted by Crippen LogP contribution is 2.53. The zero-order valence-corrected chi connectivity index (χ0v) is 21.3. The summed E-state index contributed by atoms with van der Waals surface area (Å²) in [6.07, 6.45) is 1.91. The van der Waals surface area contributed by atoms with Crippen LogP contribution < -0.4 is 4.74 Å². The van der Waals surface area contributed by atoms with Gasteiger partial charge in [-0.25, -0.2) is 13.6 Å². The topological polar surface area (TPSA) is 98.6 Å². The number of aromatic nitrogens is 3. The van der Waals surface area contributed by atoms with E-state index in [1.54, 1.807) is 25.4 Å². The van der Waals surface area contributed by atoms with Crippen molar-refractivity contribution in [3.8, 4) is 11.4 Å².